The fraction of sp³-hybridized carbons (Fsp3) is 0. The predicted molar refractivity (Wildman–Crippen MR) is 74.5 cm³/mol. The van der Waals surface area contributed by atoms with Gasteiger partial charge >= 0.3 is 0 Å². The molecule has 0 unspecified atom stereocenters. The summed E-state index contributed by atoms with van der Waals surface area (Å²) in [4.78, 5) is 11.4. The summed E-state index contributed by atoms with van der Waals surface area (Å²) in [6.07, 6.45) is 0. The summed E-state index contributed by atoms with van der Waals surface area (Å²) in [5, 5.41) is 5.27. The molecule has 3 aromatic rings. The minimum atomic E-state index is -0.422. The number of hydrogen-bond acceptors (Lipinski definition) is 2. The molecular weight excluding hydrogens is 275 g/mol. The number of benzene rings is 2. The molecule has 0 aliphatic heterocycles. The van der Waals surface area contributed by atoms with Gasteiger partial charge in [-0.05, 0) is 52.0 Å². The molecule has 0 spiro atoms. The van der Waals surface area contributed by atoms with E-state index in [9.17, 15) is 4.79 Å². The largest absolute Gasteiger partial charge is 0.276 e. The molecule has 0 fully saturated rings. The van der Waals surface area contributed by atoms with E-state index >= 15 is 0 Å². The standard InChI is InChI=1S/C13H6Cl2OS/c14-8-2-1-7-5-11(13(15)16)12-9(3-4-17-12)10(7)6-8/h1-6H. The lowest BCUT2D eigenvalue weighted by Crippen LogP contribution is -1.89. The Kier molecular flexibility index (Phi) is 2.58. The molecule has 1 heterocycles. The van der Waals surface area contributed by atoms with Crippen molar-refractivity contribution in [2.24, 2.45) is 0 Å². The molecule has 2 aromatic carbocycles. The van der Waals surface area contributed by atoms with E-state index in [0.29, 0.717) is 10.6 Å². The van der Waals surface area contributed by atoms with Crippen LogP contribution < -0.4 is 0 Å². The lowest BCUT2D eigenvalue weighted by Gasteiger charge is -2.04. The monoisotopic (exact) mass is 280 g/mol. The van der Waals surface area contributed by atoms with Crippen LogP contribution in [0.5, 0.6) is 0 Å². The second-order valence-corrected chi connectivity index (χ2v) is 5.42. The van der Waals surface area contributed by atoms with Gasteiger partial charge in [-0.3, -0.25) is 4.79 Å². The van der Waals surface area contributed by atoms with Crippen LogP contribution in [0.2, 0.25) is 5.02 Å². The number of carbonyl (C=O) groups excluding carboxylic acids is 1. The Morgan fingerprint density at radius 3 is 2.71 bits per heavy atom. The maximum absolute atomic E-state index is 11.4. The molecule has 0 atom stereocenters. The van der Waals surface area contributed by atoms with Crippen molar-refractivity contribution in [1.82, 2.24) is 0 Å². The first kappa shape index (κ1) is 11.0. The molecule has 0 aliphatic rings. The second kappa shape index (κ2) is 3.98. The zero-order valence-electron chi connectivity index (χ0n) is 8.54. The van der Waals surface area contributed by atoms with Crippen molar-refractivity contribution in [1.29, 1.82) is 0 Å². The molecule has 1 nitrogen and oxygen atoms in total. The number of hydrogen-bond donors (Lipinski definition) is 0. The van der Waals surface area contributed by atoms with Gasteiger partial charge in [0.25, 0.3) is 5.24 Å². The van der Waals surface area contributed by atoms with Crippen molar-refractivity contribution in [2.75, 3.05) is 0 Å². The maximum Gasteiger partial charge on any atom is 0.253 e. The van der Waals surface area contributed by atoms with Crippen molar-refractivity contribution in [2.45, 2.75) is 0 Å². The molecule has 0 aliphatic carbocycles. The highest BCUT2D eigenvalue weighted by Gasteiger charge is 2.12. The Morgan fingerprint density at radius 1 is 1.12 bits per heavy atom. The molecule has 0 saturated heterocycles. The number of rotatable bonds is 1. The molecule has 0 N–H and O–H groups in total. The van der Waals surface area contributed by atoms with Gasteiger partial charge < -0.3 is 0 Å². The Labute approximate surface area is 112 Å². The highest BCUT2D eigenvalue weighted by molar-refractivity contribution is 7.18. The lowest BCUT2D eigenvalue weighted by molar-refractivity contribution is 0.108. The third-order valence-corrected chi connectivity index (χ3v) is 4.11. The Bertz CT molecular complexity index is 746. The predicted octanol–water partition coefficient (Wildman–Crippen LogP) is 5.09. The van der Waals surface area contributed by atoms with Crippen molar-refractivity contribution in [3.05, 3.63) is 46.3 Å². The van der Waals surface area contributed by atoms with Crippen LogP contribution in [0.25, 0.3) is 20.9 Å². The van der Waals surface area contributed by atoms with Crippen LogP contribution in [-0.2, 0) is 0 Å². The van der Waals surface area contributed by atoms with Gasteiger partial charge in [0, 0.05) is 15.1 Å². The Morgan fingerprint density at radius 2 is 1.94 bits per heavy atom. The zero-order valence-corrected chi connectivity index (χ0v) is 10.9. The topological polar surface area (TPSA) is 17.1 Å². The van der Waals surface area contributed by atoms with Crippen molar-refractivity contribution >= 4 is 60.6 Å². The summed E-state index contributed by atoms with van der Waals surface area (Å²) in [5.74, 6) is 0. The van der Waals surface area contributed by atoms with Gasteiger partial charge in [0.15, 0.2) is 0 Å². The number of carbonyl (C=O) groups is 1. The first-order chi connectivity index (χ1) is 8.16. The quantitative estimate of drug-likeness (QED) is 0.568. The van der Waals surface area contributed by atoms with Gasteiger partial charge in [-0.2, -0.15) is 0 Å². The number of fused-ring (bicyclic) bond motifs is 3. The van der Waals surface area contributed by atoms with E-state index in [2.05, 4.69) is 0 Å². The van der Waals surface area contributed by atoms with Crippen molar-refractivity contribution < 1.29 is 4.79 Å². The molecule has 0 saturated carbocycles. The highest BCUT2D eigenvalue weighted by Crippen LogP contribution is 2.34. The van der Waals surface area contributed by atoms with Crippen molar-refractivity contribution in [3.8, 4) is 0 Å². The summed E-state index contributed by atoms with van der Waals surface area (Å²) in [6, 6.07) is 9.43. The summed E-state index contributed by atoms with van der Waals surface area (Å²) in [5.41, 5.74) is 0.562. The molecule has 0 radical (unpaired) electrons. The van der Waals surface area contributed by atoms with Crippen LogP contribution in [0.3, 0.4) is 0 Å². The van der Waals surface area contributed by atoms with E-state index < -0.39 is 5.24 Å². The average Bonchev–Trinajstić information content (AvgIpc) is 2.76. The summed E-state index contributed by atoms with van der Waals surface area (Å²) < 4.78 is 0.916. The first-order valence-corrected chi connectivity index (χ1v) is 6.59. The van der Waals surface area contributed by atoms with Gasteiger partial charge in [-0.1, -0.05) is 17.7 Å². The average molecular weight is 281 g/mol. The molecule has 0 bridgehead atoms. The van der Waals surface area contributed by atoms with Crippen LogP contribution in [0.4, 0.5) is 0 Å². The van der Waals surface area contributed by atoms with E-state index in [1.54, 1.807) is 0 Å². The maximum atomic E-state index is 11.4. The van der Waals surface area contributed by atoms with Crippen LogP contribution in [0.1, 0.15) is 10.4 Å². The third-order valence-electron chi connectivity index (χ3n) is 2.73. The van der Waals surface area contributed by atoms with Gasteiger partial charge in [0.05, 0.1) is 5.56 Å². The summed E-state index contributed by atoms with van der Waals surface area (Å²) >= 11 is 13.1. The molecular formula is C13H6Cl2OS. The lowest BCUT2D eigenvalue weighted by atomic mass is 10.0. The Hall–Kier alpha value is -1.09. The molecule has 3 rings (SSSR count). The minimum Gasteiger partial charge on any atom is -0.276 e. The number of thiophene rings is 1. The van der Waals surface area contributed by atoms with E-state index in [0.717, 1.165) is 20.9 Å². The van der Waals surface area contributed by atoms with Crippen LogP contribution in [0, 0.1) is 0 Å². The van der Waals surface area contributed by atoms with Gasteiger partial charge in [-0.15, -0.1) is 11.3 Å². The fourth-order valence-electron chi connectivity index (χ4n) is 1.98. The van der Waals surface area contributed by atoms with Crippen molar-refractivity contribution in [3.63, 3.8) is 0 Å². The van der Waals surface area contributed by atoms with Crippen LogP contribution in [-0.4, -0.2) is 5.24 Å². The minimum absolute atomic E-state index is 0.422. The normalized spacial score (nSPS) is 11.2. The van der Waals surface area contributed by atoms with Gasteiger partial charge in [0.2, 0.25) is 0 Å². The summed E-state index contributed by atoms with van der Waals surface area (Å²) in [7, 11) is 0. The Balaban J connectivity index is 2.55. The summed E-state index contributed by atoms with van der Waals surface area (Å²) in [6.45, 7) is 0. The smallest absolute Gasteiger partial charge is 0.253 e. The SMILES string of the molecule is O=C(Cl)c1cc2ccc(Cl)cc2c2ccsc12. The number of halogens is 2. The third kappa shape index (κ3) is 1.73. The molecule has 1 aromatic heterocycles. The highest BCUT2D eigenvalue weighted by atomic mass is 35.5. The fourth-order valence-corrected chi connectivity index (χ4v) is 3.29. The first-order valence-electron chi connectivity index (χ1n) is 4.96. The van der Waals surface area contributed by atoms with E-state index in [4.69, 9.17) is 23.2 Å². The molecule has 17 heavy (non-hydrogen) atoms. The molecule has 0 amide bonds. The van der Waals surface area contributed by atoms with Gasteiger partial charge in [0.1, 0.15) is 0 Å². The molecule has 84 valence electrons. The van der Waals surface area contributed by atoms with Crippen LogP contribution >= 0.6 is 34.5 Å². The van der Waals surface area contributed by atoms with Gasteiger partial charge in [-0.25, -0.2) is 0 Å². The van der Waals surface area contributed by atoms with Crippen LogP contribution in [0.15, 0.2) is 35.7 Å². The second-order valence-electron chi connectivity index (χ2n) is 3.73. The van der Waals surface area contributed by atoms with E-state index in [1.165, 1.54) is 11.3 Å². The van der Waals surface area contributed by atoms with E-state index in [-0.39, 0.29) is 0 Å². The molecule has 4 heteroatoms. The van der Waals surface area contributed by atoms with E-state index in [1.807, 2.05) is 35.7 Å². The zero-order chi connectivity index (χ0) is 12.0.